The van der Waals surface area contributed by atoms with Gasteiger partial charge in [-0.25, -0.2) is 0 Å². The molecule has 2 bridgehead atoms. The van der Waals surface area contributed by atoms with E-state index in [2.05, 4.69) is 15.9 Å². The van der Waals surface area contributed by atoms with Gasteiger partial charge in [-0.2, -0.15) is 0 Å². The number of allylic oxidation sites excluding steroid dienone is 3. The van der Waals surface area contributed by atoms with E-state index in [1.54, 1.807) is 4.99 Å². The van der Waals surface area contributed by atoms with Gasteiger partial charge in [-0.1, -0.05) is 48.0 Å². The van der Waals surface area contributed by atoms with Crippen LogP contribution < -0.4 is 0 Å². The molecular weight excluding hydrogens is 600 g/mol. The molecule has 41 heavy (non-hydrogen) atoms. The molecule has 0 spiro atoms. The summed E-state index contributed by atoms with van der Waals surface area (Å²) in [6.45, 7) is 7.57. The molecule has 3 saturated heterocycles. The van der Waals surface area contributed by atoms with Gasteiger partial charge in [0.2, 0.25) is 0 Å². The molecule has 0 saturated carbocycles. The summed E-state index contributed by atoms with van der Waals surface area (Å²) >= 11 is 3.23. The maximum absolute atomic E-state index is 13.3. The highest BCUT2D eigenvalue weighted by Crippen LogP contribution is 2.41. The average Bonchev–Trinajstić information content (AvgIpc) is 2.90. The van der Waals surface area contributed by atoms with E-state index in [0.29, 0.717) is 32.1 Å². The number of hydrogen-bond donors (Lipinski definition) is 3. The first kappa shape index (κ1) is 34.6. The fourth-order valence-corrected chi connectivity index (χ4v) is 6.43. The molecular formula is C30H49BrO10. The number of methoxy groups -OCH3 is 2. The van der Waals surface area contributed by atoms with Crippen LogP contribution in [0.25, 0.3) is 0 Å². The Balaban J connectivity index is 1.81. The zero-order chi connectivity index (χ0) is 30.4. The number of aliphatic hydroxyl groups is 3. The third-order valence-corrected chi connectivity index (χ3v) is 9.12. The monoisotopic (exact) mass is 648 g/mol. The Hall–Kier alpha value is -0.890. The van der Waals surface area contributed by atoms with Gasteiger partial charge in [-0.3, -0.25) is 4.79 Å². The van der Waals surface area contributed by atoms with Crippen LogP contribution in [0.15, 0.2) is 23.2 Å². The number of esters is 1. The van der Waals surface area contributed by atoms with E-state index in [4.69, 9.17) is 28.4 Å². The summed E-state index contributed by atoms with van der Waals surface area (Å²) in [6.07, 6.45) is 2.49. The number of ether oxygens (including phenoxy) is 6. The summed E-state index contributed by atoms with van der Waals surface area (Å²) in [4.78, 5) is 15.0. The molecule has 0 aromatic heterocycles. The summed E-state index contributed by atoms with van der Waals surface area (Å²) in [5, 5.41) is 33.7. The van der Waals surface area contributed by atoms with Crippen molar-refractivity contribution in [2.75, 3.05) is 14.2 Å². The Bertz CT molecular complexity index is 900. The van der Waals surface area contributed by atoms with Crippen LogP contribution >= 0.6 is 15.9 Å². The molecule has 3 aliphatic heterocycles. The lowest BCUT2D eigenvalue weighted by Gasteiger charge is -2.48. The Kier molecular flexibility index (Phi) is 12.8. The molecule has 0 amide bonds. The standard InChI is InChI=1S/C30H49BrO10/c1-18-11-12-22-19(2)23(39-28-25(34)27(37-6)26(36-5)20(3)38-28)16-30(35,40-22)17-24(33)41-29(4,15-21(18)32)13-9-7-8-10-14-31/h7-8,10,14,18-23,25-28,32,34-35H,9,11-13,15-17H2,1-6H3/b8-7+,14-10+/t18-,19-,20+,21-,22+,23+,25-,26+,27+,28+,29-,30+/m1/s1. The average molecular weight is 650 g/mol. The van der Waals surface area contributed by atoms with Gasteiger partial charge in [0.15, 0.2) is 12.1 Å². The van der Waals surface area contributed by atoms with Crippen LogP contribution in [-0.4, -0.2) is 95.9 Å². The van der Waals surface area contributed by atoms with E-state index >= 15 is 0 Å². The number of fused-ring (bicyclic) bond motifs is 2. The van der Waals surface area contributed by atoms with Crippen molar-refractivity contribution in [2.45, 2.75) is 133 Å². The SMILES string of the molecule is CO[C@@H]1[C@@H](OC)[C@@H](O)[C@H](O[C@H]2C[C@@]3(O)CC(=O)O[C@](C)(CC/C=C/C=C/Br)C[C@@H](O)[C@H](C)CC[C@H](O3)[C@H]2C)O[C@H]1C. The van der Waals surface area contributed by atoms with Crippen molar-refractivity contribution >= 4 is 21.9 Å². The maximum atomic E-state index is 13.3. The molecule has 0 aromatic rings. The van der Waals surface area contributed by atoms with Crippen molar-refractivity contribution < 1.29 is 48.5 Å². The smallest absolute Gasteiger partial charge is 0.311 e. The Morgan fingerprint density at radius 2 is 1.78 bits per heavy atom. The lowest BCUT2D eigenvalue weighted by atomic mass is 9.81. The predicted octanol–water partition coefficient (Wildman–Crippen LogP) is 3.74. The number of hydrogen-bond acceptors (Lipinski definition) is 10. The lowest BCUT2D eigenvalue weighted by molar-refractivity contribution is -0.346. The molecule has 0 aliphatic carbocycles. The van der Waals surface area contributed by atoms with Gasteiger partial charge in [-0.15, -0.1) is 0 Å². The Labute approximate surface area is 252 Å². The summed E-state index contributed by atoms with van der Waals surface area (Å²) < 4.78 is 35.4. The molecule has 11 heteroatoms. The molecule has 3 rings (SSSR count). The van der Waals surface area contributed by atoms with Gasteiger partial charge >= 0.3 is 5.97 Å². The van der Waals surface area contributed by atoms with Gasteiger partial charge in [0, 0.05) is 33.0 Å². The minimum atomic E-state index is -1.83. The highest BCUT2D eigenvalue weighted by molar-refractivity contribution is 9.11. The van der Waals surface area contributed by atoms with Gasteiger partial charge < -0.3 is 43.7 Å². The number of aliphatic hydroxyl groups excluding tert-OH is 2. The molecule has 3 fully saturated rings. The van der Waals surface area contributed by atoms with Gasteiger partial charge in [0.25, 0.3) is 0 Å². The van der Waals surface area contributed by atoms with Crippen molar-refractivity contribution in [3.63, 3.8) is 0 Å². The fraction of sp³-hybridized carbons (Fsp3) is 0.833. The fourth-order valence-electron chi connectivity index (χ4n) is 6.25. The normalized spacial score (nSPS) is 44.9. The second-order valence-electron chi connectivity index (χ2n) is 12.2. The maximum Gasteiger partial charge on any atom is 0.311 e. The number of carbonyl (C=O) groups is 1. The van der Waals surface area contributed by atoms with Crippen LogP contribution in [-0.2, 0) is 33.2 Å². The van der Waals surface area contributed by atoms with E-state index in [9.17, 15) is 20.1 Å². The van der Waals surface area contributed by atoms with Crippen LogP contribution in [0.3, 0.4) is 0 Å². The number of cyclic esters (lactones) is 1. The zero-order valence-corrected chi connectivity index (χ0v) is 26.7. The minimum absolute atomic E-state index is 0.0113. The van der Waals surface area contributed by atoms with Crippen molar-refractivity contribution in [3.8, 4) is 0 Å². The molecule has 3 aliphatic rings. The topological polar surface area (TPSA) is 133 Å². The van der Waals surface area contributed by atoms with Gasteiger partial charge in [-0.05, 0) is 50.4 Å². The molecule has 0 radical (unpaired) electrons. The van der Waals surface area contributed by atoms with Crippen molar-refractivity contribution in [1.29, 1.82) is 0 Å². The number of rotatable bonds is 8. The van der Waals surface area contributed by atoms with Crippen LogP contribution in [0.4, 0.5) is 0 Å². The Morgan fingerprint density at radius 3 is 2.44 bits per heavy atom. The number of halogens is 1. The van der Waals surface area contributed by atoms with E-state index < -0.39 is 72.8 Å². The first-order valence-corrected chi connectivity index (χ1v) is 15.5. The molecule has 236 valence electrons. The zero-order valence-electron chi connectivity index (χ0n) is 25.1. The largest absolute Gasteiger partial charge is 0.459 e. The lowest BCUT2D eigenvalue weighted by Crippen LogP contribution is -2.61. The van der Waals surface area contributed by atoms with E-state index in [-0.39, 0.29) is 18.3 Å². The minimum Gasteiger partial charge on any atom is -0.459 e. The molecule has 3 N–H and O–H groups in total. The third kappa shape index (κ3) is 9.06. The van der Waals surface area contributed by atoms with Gasteiger partial charge in [0.1, 0.15) is 23.9 Å². The van der Waals surface area contributed by atoms with Crippen molar-refractivity contribution in [3.05, 3.63) is 23.2 Å². The van der Waals surface area contributed by atoms with Crippen molar-refractivity contribution in [2.24, 2.45) is 11.8 Å². The second kappa shape index (κ2) is 15.2. The van der Waals surface area contributed by atoms with Gasteiger partial charge in [0.05, 0.1) is 30.8 Å². The number of carbonyl (C=O) groups excluding carboxylic acids is 1. The highest BCUT2D eigenvalue weighted by atomic mass is 79.9. The van der Waals surface area contributed by atoms with E-state index in [1.807, 2.05) is 45.9 Å². The summed E-state index contributed by atoms with van der Waals surface area (Å²) in [7, 11) is 3.03. The summed E-state index contributed by atoms with van der Waals surface area (Å²) in [6, 6.07) is 0. The molecule has 12 atom stereocenters. The van der Waals surface area contributed by atoms with Crippen LogP contribution in [0.2, 0.25) is 0 Å². The quantitative estimate of drug-likeness (QED) is 0.264. The first-order valence-electron chi connectivity index (χ1n) is 14.6. The molecule has 0 aromatic carbocycles. The third-order valence-electron chi connectivity index (χ3n) is 8.81. The van der Waals surface area contributed by atoms with E-state index in [1.165, 1.54) is 14.2 Å². The van der Waals surface area contributed by atoms with Crippen LogP contribution in [0.5, 0.6) is 0 Å². The molecule has 0 unspecified atom stereocenters. The molecule has 10 nitrogen and oxygen atoms in total. The van der Waals surface area contributed by atoms with E-state index in [0.717, 1.165) is 0 Å². The van der Waals surface area contributed by atoms with Crippen LogP contribution in [0.1, 0.15) is 72.6 Å². The second-order valence-corrected chi connectivity index (χ2v) is 12.7. The van der Waals surface area contributed by atoms with Crippen molar-refractivity contribution in [1.82, 2.24) is 0 Å². The predicted molar refractivity (Wildman–Crippen MR) is 155 cm³/mol. The summed E-state index contributed by atoms with van der Waals surface area (Å²) in [5.74, 6) is -2.74. The Morgan fingerprint density at radius 1 is 1.07 bits per heavy atom. The summed E-state index contributed by atoms with van der Waals surface area (Å²) in [5.41, 5.74) is -0.927. The highest BCUT2D eigenvalue weighted by Gasteiger charge is 2.51. The van der Waals surface area contributed by atoms with Crippen LogP contribution in [0, 0.1) is 11.8 Å². The first-order chi connectivity index (χ1) is 19.3. The molecule has 3 heterocycles.